The van der Waals surface area contributed by atoms with Crippen LogP contribution in [0.15, 0.2) is 43.0 Å². The van der Waals surface area contributed by atoms with E-state index in [0.29, 0.717) is 30.6 Å². The molecule has 3 heteroatoms. The van der Waals surface area contributed by atoms with Crippen LogP contribution in [0.2, 0.25) is 0 Å². The first-order valence-electron chi connectivity index (χ1n) is 9.40. The van der Waals surface area contributed by atoms with Crippen LogP contribution in [-0.4, -0.2) is 35.0 Å². The topological polar surface area (TPSA) is 42.2 Å². The molecule has 1 aliphatic heterocycles. The van der Waals surface area contributed by atoms with Gasteiger partial charge in [0.1, 0.15) is 0 Å². The quantitative estimate of drug-likeness (QED) is 0.585. The van der Waals surface area contributed by atoms with E-state index in [2.05, 4.69) is 35.9 Å². The van der Waals surface area contributed by atoms with Crippen LogP contribution >= 0.6 is 0 Å². The maximum Gasteiger partial charge on any atom is 0.223 e. The Kier molecular flexibility index (Phi) is 5.40. The lowest BCUT2D eigenvalue weighted by Crippen LogP contribution is -2.44. The summed E-state index contributed by atoms with van der Waals surface area (Å²) in [5.41, 5.74) is 1.64. The van der Waals surface area contributed by atoms with Crippen LogP contribution in [0, 0.1) is 0 Å². The summed E-state index contributed by atoms with van der Waals surface area (Å²) in [6.07, 6.45) is 9.21. The number of hydrogen-bond acceptors (Lipinski definition) is 2. The Balaban J connectivity index is 1.56. The Morgan fingerprint density at radius 2 is 2.21 bits per heavy atom. The summed E-state index contributed by atoms with van der Waals surface area (Å²) in [5.74, 6) is 0.271. The van der Waals surface area contributed by atoms with Crippen LogP contribution in [0.5, 0.6) is 0 Å². The second kappa shape index (κ2) is 7.52. The number of nitrogens with one attached hydrogen (secondary N) is 1. The molecule has 24 heavy (non-hydrogen) atoms. The predicted molar refractivity (Wildman–Crippen MR) is 98.9 cm³/mol. The van der Waals surface area contributed by atoms with Crippen molar-refractivity contribution in [3.05, 3.63) is 48.6 Å². The number of rotatable bonds is 8. The number of hydrogen-bond donors (Lipinski definition) is 1. The molecule has 3 nitrogen and oxygen atoms in total. The van der Waals surface area contributed by atoms with Crippen molar-refractivity contribution in [2.24, 2.45) is 0 Å². The predicted octanol–water partition coefficient (Wildman–Crippen LogP) is 3.70. The van der Waals surface area contributed by atoms with Crippen LogP contribution in [0.4, 0.5) is 0 Å². The molecule has 1 aromatic carbocycles. The molecule has 3 rings (SSSR count). The summed E-state index contributed by atoms with van der Waals surface area (Å²) in [7, 11) is 0. The fourth-order valence-corrected chi connectivity index (χ4v) is 4.38. The Labute approximate surface area is 146 Å². The molecule has 3 atom stereocenters. The molecule has 1 aromatic rings. The van der Waals surface area contributed by atoms with Gasteiger partial charge in [0, 0.05) is 30.6 Å². The normalized spacial score (nSPS) is 28.0. The van der Waals surface area contributed by atoms with Crippen molar-refractivity contribution in [2.45, 2.75) is 69.5 Å². The third-order valence-electron chi connectivity index (χ3n) is 5.73. The van der Waals surface area contributed by atoms with Crippen molar-refractivity contribution in [3.63, 3.8) is 0 Å². The molecule has 2 fully saturated rings. The molecule has 130 valence electrons. The second-order valence-corrected chi connectivity index (χ2v) is 7.35. The zero-order valence-electron chi connectivity index (χ0n) is 14.8. The summed E-state index contributed by atoms with van der Waals surface area (Å²) in [6.45, 7) is 6.79. The molecular weight excluding hydrogens is 296 g/mol. The highest BCUT2D eigenvalue weighted by molar-refractivity contribution is 5.77. The molecule has 1 unspecified atom stereocenters. The largest absolute Gasteiger partial charge is 0.336 e. The fraction of sp³-hybridized carbons (Fsp3) is 0.571. The summed E-state index contributed by atoms with van der Waals surface area (Å²) < 4.78 is 0. The maximum atomic E-state index is 12.8. The van der Waals surface area contributed by atoms with Crippen molar-refractivity contribution in [3.8, 4) is 0 Å². The van der Waals surface area contributed by atoms with Crippen LogP contribution in [-0.2, 0) is 11.2 Å². The fourth-order valence-electron chi connectivity index (χ4n) is 4.38. The number of aryl methyl sites for hydroxylation is 1. The molecule has 1 aliphatic carbocycles. The van der Waals surface area contributed by atoms with E-state index < -0.39 is 0 Å². The van der Waals surface area contributed by atoms with Gasteiger partial charge in [0.2, 0.25) is 5.91 Å². The third-order valence-corrected chi connectivity index (χ3v) is 5.73. The van der Waals surface area contributed by atoms with E-state index in [1.807, 2.05) is 24.3 Å². The average molecular weight is 326 g/mol. The molecule has 2 aliphatic rings. The summed E-state index contributed by atoms with van der Waals surface area (Å²) in [4.78, 5) is 14.9. The molecule has 0 aromatic heterocycles. The highest BCUT2D eigenvalue weighted by Gasteiger charge is 2.56. The number of nitrogens with zero attached hydrogens (tertiary/aromatic N) is 1. The monoisotopic (exact) mass is 326 g/mol. The maximum absolute atomic E-state index is 12.8. The van der Waals surface area contributed by atoms with Gasteiger partial charge in [-0.15, -0.1) is 6.58 Å². The minimum atomic E-state index is 0.271. The molecule has 1 N–H and O–H groups in total. The standard InChI is InChI=1S/C21H30N2O/c1-3-13-21-14-12-18(16-19(21)22-21)23(15-4-2)20(24)11-10-17-8-6-5-7-9-17/h4-9,18-19,22H,2-3,10-16H2,1H3/t18-,19+,21?/m1/s1. The Hall–Kier alpha value is -1.61. The Bertz CT molecular complexity index is 570. The number of carbonyl (C=O) groups is 1. The SMILES string of the molecule is C=CCN(C(=O)CCc1ccccc1)[C@@H]1CCC2(CCC)N[C@H]2C1. The molecule has 0 radical (unpaired) electrons. The minimum Gasteiger partial charge on any atom is -0.336 e. The van der Waals surface area contributed by atoms with Crippen molar-refractivity contribution in [1.82, 2.24) is 10.2 Å². The van der Waals surface area contributed by atoms with Gasteiger partial charge in [0.25, 0.3) is 0 Å². The highest BCUT2D eigenvalue weighted by Crippen LogP contribution is 2.44. The van der Waals surface area contributed by atoms with Gasteiger partial charge in [-0.2, -0.15) is 0 Å². The number of benzene rings is 1. The van der Waals surface area contributed by atoms with Gasteiger partial charge in [0.15, 0.2) is 0 Å². The smallest absolute Gasteiger partial charge is 0.223 e. The molecule has 0 bridgehead atoms. The van der Waals surface area contributed by atoms with Crippen LogP contribution in [0.1, 0.15) is 51.0 Å². The second-order valence-electron chi connectivity index (χ2n) is 7.35. The van der Waals surface area contributed by atoms with Crippen LogP contribution < -0.4 is 5.32 Å². The number of amides is 1. The van der Waals surface area contributed by atoms with E-state index >= 15 is 0 Å². The van der Waals surface area contributed by atoms with Gasteiger partial charge < -0.3 is 10.2 Å². The zero-order valence-corrected chi connectivity index (χ0v) is 14.8. The van der Waals surface area contributed by atoms with E-state index in [4.69, 9.17) is 0 Å². The lowest BCUT2D eigenvalue weighted by atomic mass is 9.82. The lowest BCUT2D eigenvalue weighted by Gasteiger charge is -2.35. The molecule has 1 saturated heterocycles. The van der Waals surface area contributed by atoms with Gasteiger partial charge in [-0.1, -0.05) is 49.8 Å². The zero-order chi connectivity index (χ0) is 17.0. The Morgan fingerprint density at radius 3 is 2.88 bits per heavy atom. The van der Waals surface area contributed by atoms with Crippen molar-refractivity contribution < 1.29 is 4.79 Å². The van der Waals surface area contributed by atoms with Gasteiger partial charge in [0.05, 0.1) is 0 Å². The van der Waals surface area contributed by atoms with Gasteiger partial charge in [-0.3, -0.25) is 4.79 Å². The minimum absolute atomic E-state index is 0.271. The third kappa shape index (κ3) is 3.72. The first-order chi connectivity index (χ1) is 11.7. The van der Waals surface area contributed by atoms with Gasteiger partial charge in [-0.25, -0.2) is 0 Å². The van der Waals surface area contributed by atoms with Crippen molar-refractivity contribution >= 4 is 5.91 Å². The first-order valence-corrected chi connectivity index (χ1v) is 9.40. The average Bonchev–Trinajstić information content (AvgIpc) is 3.32. The Morgan fingerprint density at radius 1 is 1.42 bits per heavy atom. The molecule has 1 amide bonds. The van der Waals surface area contributed by atoms with E-state index in [0.717, 1.165) is 19.3 Å². The van der Waals surface area contributed by atoms with Crippen molar-refractivity contribution in [2.75, 3.05) is 6.54 Å². The van der Waals surface area contributed by atoms with Gasteiger partial charge >= 0.3 is 0 Å². The number of fused-ring (bicyclic) bond motifs is 1. The van der Waals surface area contributed by atoms with Crippen LogP contribution in [0.3, 0.4) is 0 Å². The molecule has 0 spiro atoms. The van der Waals surface area contributed by atoms with E-state index in [1.165, 1.54) is 24.8 Å². The first kappa shape index (κ1) is 17.2. The van der Waals surface area contributed by atoms with Gasteiger partial charge in [-0.05, 0) is 37.7 Å². The van der Waals surface area contributed by atoms with Crippen molar-refractivity contribution in [1.29, 1.82) is 0 Å². The summed E-state index contributed by atoms with van der Waals surface area (Å²) in [5, 5.41) is 3.70. The van der Waals surface area contributed by atoms with E-state index in [1.54, 1.807) is 0 Å². The van der Waals surface area contributed by atoms with E-state index in [-0.39, 0.29) is 5.91 Å². The molecule has 1 heterocycles. The lowest BCUT2D eigenvalue weighted by molar-refractivity contribution is -0.133. The summed E-state index contributed by atoms with van der Waals surface area (Å²) >= 11 is 0. The highest BCUT2D eigenvalue weighted by atomic mass is 16.2. The van der Waals surface area contributed by atoms with Crippen LogP contribution in [0.25, 0.3) is 0 Å². The summed E-state index contributed by atoms with van der Waals surface area (Å²) in [6, 6.07) is 11.3. The molecular formula is C21H30N2O. The van der Waals surface area contributed by atoms with E-state index in [9.17, 15) is 4.79 Å². The molecule has 1 saturated carbocycles. The number of carbonyl (C=O) groups excluding carboxylic acids is 1.